The summed E-state index contributed by atoms with van der Waals surface area (Å²) in [5.74, 6) is 0.510. The smallest absolute Gasteiger partial charge is 0.407 e. The second-order valence-corrected chi connectivity index (χ2v) is 5.93. The molecule has 2 rings (SSSR count). The number of nitrogens with zero attached hydrogens (tertiary/aromatic N) is 1. The first-order chi connectivity index (χ1) is 9.49. The monoisotopic (exact) mass is 280 g/mol. The zero-order valence-electron chi connectivity index (χ0n) is 12.6. The molecule has 0 aromatic rings. The maximum atomic E-state index is 12.8. The van der Waals surface area contributed by atoms with Crippen LogP contribution in [0.3, 0.4) is 0 Å². The molecule has 5 nitrogen and oxygen atoms in total. The normalized spacial score (nSPS) is 28.9. The fraction of sp³-hybridized carbons (Fsp3) is 0.733. The number of likely N-dealkylation sites (tertiary alicyclic amines) is 1. The number of carbonyl (C=O) groups excluding carboxylic acids is 2. The maximum Gasteiger partial charge on any atom is 0.407 e. The SMILES string of the molecule is CC[C@H]1[C@@H]2C=C[C@@H](C2)N1C(=O)[C@@H](NC(=O)OC)C(C)C. The number of carbonyl (C=O) groups is 2. The predicted molar refractivity (Wildman–Crippen MR) is 76.1 cm³/mol. The number of amides is 2. The van der Waals surface area contributed by atoms with E-state index in [-0.39, 0.29) is 23.9 Å². The van der Waals surface area contributed by atoms with Crippen molar-refractivity contribution < 1.29 is 14.3 Å². The molecule has 0 aromatic carbocycles. The Hall–Kier alpha value is -1.52. The zero-order valence-corrected chi connectivity index (χ0v) is 12.6. The summed E-state index contributed by atoms with van der Waals surface area (Å²) in [5, 5.41) is 2.67. The fourth-order valence-corrected chi connectivity index (χ4v) is 3.34. The highest BCUT2D eigenvalue weighted by molar-refractivity contribution is 5.87. The molecule has 4 atom stereocenters. The molecule has 1 aliphatic heterocycles. The van der Waals surface area contributed by atoms with Crippen molar-refractivity contribution in [1.82, 2.24) is 10.2 Å². The zero-order chi connectivity index (χ0) is 14.9. The summed E-state index contributed by atoms with van der Waals surface area (Å²) in [6.07, 6.45) is 5.75. The Labute approximate surface area is 120 Å². The van der Waals surface area contributed by atoms with Crippen molar-refractivity contribution >= 4 is 12.0 Å². The fourth-order valence-electron chi connectivity index (χ4n) is 3.34. The Bertz CT molecular complexity index is 419. The molecule has 0 aromatic heterocycles. The second-order valence-electron chi connectivity index (χ2n) is 5.93. The van der Waals surface area contributed by atoms with Crippen LogP contribution < -0.4 is 5.32 Å². The van der Waals surface area contributed by atoms with Gasteiger partial charge in [0.2, 0.25) is 5.91 Å². The number of alkyl carbamates (subject to hydrolysis) is 1. The van der Waals surface area contributed by atoms with Crippen LogP contribution in [0.25, 0.3) is 0 Å². The average Bonchev–Trinajstić information content (AvgIpc) is 3.03. The first-order valence-corrected chi connectivity index (χ1v) is 7.34. The lowest BCUT2D eigenvalue weighted by Gasteiger charge is -2.36. The molecule has 112 valence electrons. The topological polar surface area (TPSA) is 58.6 Å². The molecule has 2 amide bonds. The highest BCUT2D eigenvalue weighted by Crippen LogP contribution is 2.39. The molecule has 5 heteroatoms. The summed E-state index contributed by atoms with van der Waals surface area (Å²) in [7, 11) is 1.31. The summed E-state index contributed by atoms with van der Waals surface area (Å²) in [4.78, 5) is 26.2. The van der Waals surface area contributed by atoms with E-state index in [9.17, 15) is 9.59 Å². The molecule has 2 bridgehead atoms. The number of hydrogen-bond donors (Lipinski definition) is 1. The Balaban J connectivity index is 2.15. The summed E-state index contributed by atoms with van der Waals surface area (Å²) < 4.78 is 4.62. The van der Waals surface area contributed by atoms with Crippen molar-refractivity contribution in [1.29, 1.82) is 0 Å². The van der Waals surface area contributed by atoms with Gasteiger partial charge in [-0.15, -0.1) is 0 Å². The molecule has 1 heterocycles. The quantitative estimate of drug-likeness (QED) is 0.801. The number of nitrogens with one attached hydrogen (secondary N) is 1. The van der Waals surface area contributed by atoms with Gasteiger partial charge in [0.05, 0.1) is 13.2 Å². The standard InChI is InChI=1S/C15H24N2O3/c1-5-12-10-6-7-11(8-10)17(12)14(18)13(9(2)3)16-15(19)20-4/h6-7,9-13H,5,8H2,1-4H3,(H,16,19)/t10-,11+,12+,13+/m1/s1. The van der Waals surface area contributed by atoms with E-state index in [0.29, 0.717) is 5.92 Å². The van der Waals surface area contributed by atoms with Gasteiger partial charge in [-0.3, -0.25) is 4.79 Å². The van der Waals surface area contributed by atoms with E-state index in [4.69, 9.17) is 0 Å². The minimum absolute atomic E-state index is 0.00843. The van der Waals surface area contributed by atoms with Gasteiger partial charge >= 0.3 is 6.09 Å². The van der Waals surface area contributed by atoms with E-state index in [0.717, 1.165) is 12.8 Å². The third kappa shape index (κ3) is 2.53. The summed E-state index contributed by atoms with van der Waals surface area (Å²) in [6, 6.07) is -0.0689. The number of hydrogen-bond acceptors (Lipinski definition) is 3. The van der Waals surface area contributed by atoms with Gasteiger partial charge in [0.25, 0.3) is 0 Å². The van der Waals surface area contributed by atoms with Gasteiger partial charge in [-0.25, -0.2) is 4.79 Å². The minimum Gasteiger partial charge on any atom is -0.453 e. The van der Waals surface area contributed by atoms with E-state index in [1.165, 1.54) is 7.11 Å². The first kappa shape index (κ1) is 14.9. The van der Waals surface area contributed by atoms with Gasteiger partial charge < -0.3 is 15.0 Å². The lowest BCUT2D eigenvalue weighted by Crippen LogP contribution is -2.55. The molecule has 0 unspecified atom stereocenters. The van der Waals surface area contributed by atoms with Crippen LogP contribution in [0.1, 0.15) is 33.6 Å². The number of rotatable bonds is 4. The van der Waals surface area contributed by atoms with Crippen LogP contribution in [0.4, 0.5) is 4.79 Å². The molecule has 2 aliphatic rings. The van der Waals surface area contributed by atoms with Crippen LogP contribution in [-0.2, 0) is 9.53 Å². The van der Waals surface area contributed by atoms with Crippen LogP contribution in [0.15, 0.2) is 12.2 Å². The van der Waals surface area contributed by atoms with Gasteiger partial charge in [-0.1, -0.05) is 32.9 Å². The van der Waals surface area contributed by atoms with Crippen LogP contribution in [0.2, 0.25) is 0 Å². The molecule has 0 radical (unpaired) electrons. The predicted octanol–water partition coefficient (Wildman–Crippen LogP) is 1.93. The van der Waals surface area contributed by atoms with Crippen LogP contribution in [0.5, 0.6) is 0 Å². The largest absolute Gasteiger partial charge is 0.453 e. The number of methoxy groups -OCH3 is 1. The molecule has 1 fully saturated rings. The second kappa shape index (κ2) is 5.85. The van der Waals surface area contributed by atoms with E-state index < -0.39 is 12.1 Å². The van der Waals surface area contributed by atoms with E-state index in [2.05, 4.69) is 29.1 Å². The Kier molecular flexibility index (Phi) is 4.35. The Morgan fingerprint density at radius 1 is 1.40 bits per heavy atom. The van der Waals surface area contributed by atoms with E-state index in [1.807, 2.05) is 18.7 Å². The average molecular weight is 280 g/mol. The van der Waals surface area contributed by atoms with Crippen molar-refractivity contribution in [2.45, 2.75) is 51.7 Å². The molecule has 20 heavy (non-hydrogen) atoms. The van der Waals surface area contributed by atoms with E-state index >= 15 is 0 Å². The number of fused-ring (bicyclic) bond motifs is 2. The van der Waals surface area contributed by atoms with Gasteiger partial charge in [-0.2, -0.15) is 0 Å². The molecule has 1 N–H and O–H groups in total. The van der Waals surface area contributed by atoms with Crippen LogP contribution in [-0.4, -0.2) is 42.1 Å². The first-order valence-electron chi connectivity index (χ1n) is 7.34. The molecular formula is C15H24N2O3. The van der Waals surface area contributed by atoms with Crippen LogP contribution in [0, 0.1) is 11.8 Å². The highest BCUT2D eigenvalue weighted by Gasteiger charge is 2.46. The highest BCUT2D eigenvalue weighted by atomic mass is 16.5. The summed E-state index contributed by atoms with van der Waals surface area (Å²) in [5.41, 5.74) is 0. The van der Waals surface area contributed by atoms with Crippen molar-refractivity contribution in [3.63, 3.8) is 0 Å². The molecule has 1 saturated heterocycles. The van der Waals surface area contributed by atoms with Crippen molar-refractivity contribution in [3.05, 3.63) is 12.2 Å². The molecule has 1 aliphatic carbocycles. The van der Waals surface area contributed by atoms with Crippen molar-refractivity contribution in [3.8, 4) is 0 Å². The third-order valence-electron chi connectivity index (χ3n) is 4.37. The Morgan fingerprint density at radius 3 is 2.65 bits per heavy atom. The summed E-state index contributed by atoms with van der Waals surface area (Å²) >= 11 is 0. The van der Waals surface area contributed by atoms with Gasteiger partial charge in [0, 0.05) is 6.04 Å². The summed E-state index contributed by atoms with van der Waals surface area (Å²) in [6.45, 7) is 5.98. The lowest BCUT2D eigenvalue weighted by molar-refractivity contribution is -0.137. The minimum atomic E-state index is -0.551. The van der Waals surface area contributed by atoms with E-state index in [1.54, 1.807) is 0 Å². The van der Waals surface area contributed by atoms with Crippen molar-refractivity contribution in [2.24, 2.45) is 11.8 Å². The number of ether oxygens (including phenoxy) is 1. The van der Waals surface area contributed by atoms with Gasteiger partial charge in [0.1, 0.15) is 6.04 Å². The maximum absolute atomic E-state index is 12.8. The van der Waals surface area contributed by atoms with Gasteiger partial charge in [0.15, 0.2) is 0 Å². The van der Waals surface area contributed by atoms with Gasteiger partial charge in [-0.05, 0) is 24.7 Å². The molecule has 0 saturated carbocycles. The third-order valence-corrected chi connectivity index (χ3v) is 4.37. The van der Waals surface area contributed by atoms with Crippen molar-refractivity contribution in [2.75, 3.05) is 7.11 Å². The lowest BCUT2D eigenvalue weighted by atomic mass is 9.97. The van der Waals surface area contributed by atoms with Crippen LogP contribution >= 0.6 is 0 Å². The molecular weight excluding hydrogens is 256 g/mol. The molecule has 0 spiro atoms. The Morgan fingerprint density at radius 2 is 2.10 bits per heavy atom.